The topological polar surface area (TPSA) is 94.5 Å². The molecule has 0 radical (unpaired) electrons. The van der Waals surface area contributed by atoms with Gasteiger partial charge >= 0.3 is 5.97 Å². The second kappa shape index (κ2) is 8.06. The number of hydrogen-bond donors (Lipinski definition) is 2. The van der Waals surface area contributed by atoms with Crippen LogP contribution in [0.25, 0.3) is 11.0 Å². The van der Waals surface area contributed by atoms with Crippen LogP contribution >= 0.6 is 0 Å². The molecule has 0 unspecified atom stereocenters. The van der Waals surface area contributed by atoms with Gasteiger partial charge in [-0.2, -0.15) is 0 Å². The maximum absolute atomic E-state index is 12.9. The van der Waals surface area contributed by atoms with Crippen LogP contribution in [0.3, 0.4) is 0 Å². The number of methoxy groups -OCH3 is 2. The van der Waals surface area contributed by atoms with E-state index in [1.54, 1.807) is 49.2 Å². The summed E-state index contributed by atoms with van der Waals surface area (Å²) in [4.78, 5) is 29.9. The average Bonchev–Trinajstić information content (AvgIpc) is 3.01. The zero-order chi connectivity index (χ0) is 21.3. The van der Waals surface area contributed by atoms with Crippen LogP contribution in [0.1, 0.15) is 40.1 Å². The number of amides is 1. The van der Waals surface area contributed by atoms with E-state index >= 15 is 0 Å². The molecular formula is C22H24N4O4. The third kappa shape index (κ3) is 3.56. The average molecular weight is 408 g/mol. The van der Waals surface area contributed by atoms with Gasteiger partial charge in [-0.05, 0) is 49.6 Å². The molecule has 0 aliphatic heterocycles. The molecule has 2 aromatic heterocycles. The number of nitrogens with one attached hydrogen (secondary N) is 2. The molecule has 30 heavy (non-hydrogen) atoms. The Morgan fingerprint density at radius 1 is 1.17 bits per heavy atom. The number of hydrogen-bond acceptors (Lipinski definition) is 6. The second-order valence-corrected chi connectivity index (χ2v) is 7.32. The minimum atomic E-state index is -0.547. The number of aromatic nitrogens is 2. The first kappa shape index (κ1) is 19.8. The van der Waals surface area contributed by atoms with Crippen molar-refractivity contribution in [2.75, 3.05) is 24.9 Å². The quantitative estimate of drug-likeness (QED) is 0.606. The Morgan fingerprint density at radius 2 is 1.90 bits per heavy atom. The lowest BCUT2D eigenvalue weighted by Crippen LogP contribution is -2.26. The van der Waals surface area contributed by atoms with Crippen LogP contribution in [0, 0.1) is 0 Å². The minimum Gasteiger partial charge on any atom is -0.497 e. The Hall–Kier alpha value is -3.55. The van der Waals surface area contributed by atoms with Crippen molar-refractivity contribution in [3.05, 3.63) is 47.8 Å². The van der Waals surface area contributed by atoms with Crippen molar-refractivity contribution < 1.29 is 19.1 Å². The van der Waals surface area contributed by atoms with Gasteiger partial charge in [0.1, 0.15) is 11.4 Å². The highest BCUT2D eigenvalue weighted by atomic mass is 16.5. The lowest BCUT2D eigenvalue weighted by Gasteiger charge is -2.27. The Morgan fingerprint density at radius 3 is 2.50 bits per heavy atom. The number of aryl methyl sites for hydroxylation is 1. The molecule has 1 fully saturated rings. The van der Waals surface area contributed by atoms with Crippen molar-refractivity contribution in [3.8, 4) is 5.75 Å². The van der Waals surface area contributed by atoms with E-state index in [4.69, 9.17) is 9.47 Å². The molecular weight excluding hydrogens is 384 g/mol. The first-order valence-electron chi connectivity index (χ1n) is 9.80. The lowest BCUT2D eigenvalue weighted by molar-refractivity contribution is 0.0591. The van der Waals surface area contributed by atoms with Crippen molar-refractivity contribution in [1.82, 2.24) is 9.55 Å². The predicted molar refractivity (Wildman–Crippen MR) is 114 cm³/mol. The summed E-state index contributed by atoms with van der Waals surface area (Å²) in [7, 11) is 4.60. The van der Waals surface area contributed by atoms with Crippen LogP contribution in [0.5, 0.6) is 5.75 Å². The summed E-state index contributed by atoms with van der Waals surface area (Å²) in [5.41, 5.74) is 2.50. The van der Waals surface area contributed by atoms with E-state index in [1.165, 1.54) is 13.5 Å². The smallest absolute Gasteiger partial charge is 0.356 e. The van der Waals surface area contributed by atoms with Crippen molar-refractivity contribution in [3.63, 3.8) is 0 Å². The predicted octanol–water partition coefficient (Wildman–Crippen LogP) is 3.59. The Bertz CT molecular complexity index is 1100. The molecule has 2 N–H and O–H groups in total. The fourth-order valence-corrected chi connectivity index (χ4v) is 3.57. The molecule has 0 spiro atoms. The molecule has 156 valence electrons. The molecule has 0 saturated heterocycles. The van der Waals surface area contributed by atoms with Gasteiger partial charge in [0, 0.05) is 24.0 Å². The second-order valence-electron chi connectivity index (χ2n) is 7.32. The van der Waals surface area contributed by atoms with E-state index in [2.05, 4.69) is 15.6 Å². The Labute approximate surface area is 174 Å². The summed E-state index contributed by atoms with van der Waals surface area (Å²) in [5.74, 6) is -0.232. The van der Waals surface area contributed by atoms with Crippen molar-refractivity contribution in [2.24, 2.45) is 7.05 Å². The van der Waals surface area contributed by atoms with Crippen molar-refractivity contribution in [1.29, 1.82) is 0 Å². The summed E-state index contributed by atoms with van der Waals surface area (Å²) >= 11 is 0. The number of benzene rings is 1. The molecule has 1 aromatic carbocycles. The SMILES string of the molecule is COC(=O)c1c(NC(=O)c2ccc(OC)cc2)c2cc(NC3CCC3)cnc2n1C. The number of esters is 1. The molecule has 1 aliphatic carbocycles. The third-order valence-electron chi connectivity index (χ3n) is 5.47. The molecule has 8 heteroatoms. The zero-order valence-electron chi connectivity index (χ0n) is 17.2. The number of anilines is 2. The van der Waals surface area contributed by atoms with Crippen LogP contribution in [0.4, 0.5) is 11.4 Å². The van der Waals surface area contributed by atoms with Gasteiger partial charge < -0.3 is 24.7 Å². The monoisotopic (exact) mass is 408 g/mol. The van der Waals surface area contributed by atoms with Crippen LogP contribution in [0.2, 0.25) is 0 Å². The van der Waals surface area contributed by atoms with E-state index in [0.717, 1.165) is 18.5 Å². The summed E-state index contributed by atoms with van der Waals surface area (Å²) in [6, 6.07) is 9.10. The van der Waals surface area contributed by atoms with E-state index in [9.17, 15) is 9.59 Å². The van der Waals surface area contributed by atoms with Gasteiger partial charge in [0.2, 0.25) is 0 Å². The summed E-state index contributed by atoms with van der Waals surface area (Å²) in [6.07, 6.45) is 5.22. The van der Waals surface area contributed by atoms with Gasteiger partial charge in [-0.3, -0.25) is 4.79 Å². The first-order chi connectivity index (χ1) is 14.5. The van der Waals surface area contributed by atoms with Crippen molar-refractivity contribution in [2.45, 2.75) is 25.3 Å². The standard InChI is InChI=1S/C22H24N4O4/c1-26-19(22(28)30-3)18(25-21(27)13-7-9-16(29-2)10-8-13)17-11-15(12-23-20(17)26)24-14-5-4-6-14/h7-12,14,24H,4-6H2,1-3H3,(H,25,27). The number of nitrogens with zero attached hydrogens (tertiary/aromatic N) is 2. The fraction of sp³-hybridized carbons (Fsp3) is 0.318. The molecule has 1 aliphatic rings. The highest BCUT2D eigenvalue weighted by molar-refractivity contribution is 6.14. The highest BCUT2D eigenvalue weighted by Gasteiger charge is 2.25. The van der Waals surface area contributed by atoms with Gasteiger partial charge in [0.25, 0.3) is 5.91 Å². The maximum Gasteiger partial charge on any atom is 0.356 e. The van der Waals surface area contributed by atoms with Gasteiger partial charge in [-0.25, -0.2) is 9.78 Å². The van der Waals surface area contributed by atoms with Gasteiger partial charge in [-0.1, -0.05) is 0 Å². The molecule has 1 saturated carbocycles. The van der Waals surface area contributed by atoms with Gasteiger partial charge in [0.05, 0.1) is 31.8 Å². The van der Waals surface area contributed by atoms with Crippen LogP contribution in [-0.2, 0) is 11.8 Å². The Kier molecular flexibility index (Phi) is 5.31. The van der Waals surface area contributed by atoms with E-state index in [0.29, 0.717) is 34.1 Å². The normalized spacial score (nSPS) is 13.6. The number of ether oxygens (including phenoxy) is 2. The summed E-state index contributed by atoms with van der Waals surface area (Å²) in [6.45, 7) is 0. The first-order valence-corrected chi connectivity index (χ1v) is 9.80. The van der Waals surface area contributed by atoms with Crippen molar-refractivity contribution >= 4 is 34.3 Å². The van der Waals surface area contributed by atoms with E-state index in [-0.39, 0.29) is 11.6 Å². The molecule has 4 rings (SSSR count). The van der Waals surface area contributed by atoms with Gasteiger partial charge in [0.15, 0.2) is 5.69 Å². The molecule has 0 atom stereocenters. The number of carbonyl (C=O) groups excluding carboxylic acids is 2. The number of fused-ring (bicyclic) bond motifs is 1. The lowest BCUT2D eigenvalue weighted by atomic mass is 9.93. The third-order valence-corrected chi connectivity index (χ3v) is 5.47. The Balaban J connectivity index is 1.74. The minimum absolute atomic E-state index is 0.239. The van der Waals surface area contributed by atoms with Crippen LogP contribution < -0.4 is 15.4 Å². The van der Waals surface area contributed by atoms with E-state index < -0.39 is 5.97 Å². The number of rotatable bonds is 6. The van der Waals surface area contributed by atoms with E-state index in [1.807, 2.05) is 6.07 Å². The largest absolute Gasteiger partial charge is 0.497 e. The zero-order valence-corrected chi connectivity index (χ0v) is 17.2. The fourth-order valence-electron chi connectivity index (χ4n) is 3.57. The molecule has 8 nitrogen and oxygen atoms in total. The van der Waals surface area contributed by atoms with Crippen LogP contribution in [-0.4, -0.2) is 41.7 Å². The molecule has 2 heterocycles. The summed E-state index contributed by atoms with van der Waals surface area (Å²) < 4.78 is 11.7. The van der Waals surface area contributed by atoms with Crippen LogP contribution in [0.15, 0.2) is 36.5 Å². The number of carbonyl (C=O) groups is 2. The molecule has 0 bridgehead atoms. The highest BCUT2D eigenvalue weighted by Crippen LogP contribution is 2.33. The maximum atomic E-state index is 12.9. The number of pyridine rings is 1. The summed E-state index contributed by atoms with van der Waals surface area (Å²) in [5, 5.41) is 7.01. The molecule has 1 amide bonds. The molecule has 3 aromatic rings. The van der Waals surface area contributed by atoms with Gasteiger partial charge in [-0.15, -0.1) is 0 Å².